The predicted molar refractivity (Wildman–Crippen MR) is 78.6 cm³/mol. The molecule has 1 heterocycles. The average Bonchev–Trinajstić information content (AvgIpc) is 2.95. The van der Waals surface area contributed by atoms with Crippen LogP contribution in [0.4, 0.5) is 0 Å². The van der Waals surface area contributed by atoms with Gasteiger partial charge < -0.3 is 10.4 Å². The Morgan fingerprint density at radius 1 is 1.40 bits per heavy atom. The van der Waals surface area contributed by atoms with E-state index < -0.39 is 11.4 Å². The Hall–Kier alpha value is -1.43. The largest absolute Gasteiger partial charge is 0.481 e. The summed E-state index contributed by atoms with van der Waals surface area (Å²) < 4.78 is 0. The fraction of sp³-hybridized carbons (Fsp3) is 0.643. The van der Waals surface area contributed by atoms with Crippen molar-refractivity contribution in [2.75, 3.05) is 0 Å². The number of nitrogens with zero attached hydrogens (tertiary/aromatic N) is 1. The molecule has 1 atom stereocenters. The normalized spacial score (nSPS) is 12.9. The first-order chi connectivity index (χ1) is 9.49. The highest BCUT2D eigenvalue weighted by Gasteiger charge is 2.37. The van der Waals surface area contributed by atoms with Crippen LogP contribution in [0.25, 0.3) is 0 Å². The lowest BCUT2D eigenvalue weighted by Gasteiger charge is -2.26. The van der Waals surface area contributed by atoms with Crippen LogP contribution in [0.5, 0.6) is 0 Å². The highest BCUT2D eigenvalue weighted by Crippen LogP contribution is 2.31. The molecule has 0 aromatic carbocycles. The molecule has 5 nitrogen and oxygen atoms in total. The van der Waals surface area contributed by atoms with E-state index in [0.29, 0.717) is 12.8 Å². The van der Waals surface area contributed by atoms with Gasteiger partial charge in [0.2, 0.25) is 5.91 Å². The molecule has 1 aromatic heterocycles. The van der Waals surface area contributed by atoms with E-state index in [2.05, 4.69) is 10.3 Å². The van der Waals surface area contributed by atoms with Gasteiger partial charge in [-0.1, -0.05) is 20.8 Å². The van der Waals surface area contributed by atoms with Crippen molar-refractivity contribution < 1.29 is 14.7 Å². The van der Waals surface area contributed by atoms with Crippen LogP contribution >= 0.6 is 11.3 Å². The number of nitrogens with one attached hydrogen (secondary N) is 1. The Labute approximate surface area is 123 Å². The molecule has 0 bridgehead atoms. The van der Waals surface area contributed by atoms with Crippen LogP contribution < -0.4 is 5.32 Å². The third-order valence-corrected chi connectivity index (χ3v) is 4.69. The summed E-state index contributed by atoms with van der Waals surface area (Å²) in [7, 11) is 0. The van der Waals surface area contributed by atoms with Crippen molar-refractivity contribution in [3.05, 3.63) is 16.6 Å². The van der Waals surface area contributed by atoms with Gasteiger partial charge >= 0.3 is 5.97 Å². The number of carboxylic acid groups (broad SMARTS) is 1. The average molecular weight is 298 g/mol. The highest BCUT2D eigenvalue weighted by molar-refractivity contribution is 7.09. The Morgan fingerprint density at radius 2 is 2.05 bits per heavy atom. The molecule has 0 spiro atoms. The summed E-state index contributed by atoms with van der Waals surface area (Å²) >= 11 is 1.49. The first kappa shape index (κ1) is 16.6. The lowest BCUT2D eigenvalue weighted by Crippen LogP contribution is -2.38. The van der Waals surface area contributed by atoms with Crippen LogP contribution in [0.3, 0.4) is 0 Å². The van der Waals surface area contributed by atoms with Crippen LogP contribution in [0.15, 0.2) is 11.6 Å². The summed E-state index contributed by atoms with van der Waals surface area (Å²) in [4.78, 5) is 27.8. The van der Waals surface area contributed by atoms with Crippen LogP contribution in [0, 0.1) is 5.41 Å². The molecule has 2 N–H and O–H groups in total. The summed E-state index contributed by atoms with van der Waals surface area (Å²) in [5, 5.41) is 15.0. The highest BCUT2D eigenvalue weighted by atomic mass is 32.1. The molecule has 20 heavy (non-hydrogen) atoms. The molecule has 0 saturated carbocycles. The summed E-state index contributed by atoms with van der Waals surface area (Å²) in [5.41, 5.74) is -0.967. The minimum Gasteiger partial charge on any atom is -0.481 e. The maximum atomic E-state index is 12.1. The first-order valence-electron chi connectivity index (χ1n) is 6.91. The molecule has 0 aliphatic carbocycles. The third kappa shape index (κ3) is 3.79. The Bertz CT molecular complexity index is 441. The second-order valence-corrected chi connectivity index (χ2v) is 5.79. The zero-order valence-electron chi connectivity index (χ0n) is 12.2. The lowest BCUT2D eigenvalue weighted by molar-refractivity contribution is -0.152. The van der Waals surface area contributed by atoms with Crippen molar-refractivity contribution in [1.82, 2.24) is 10.3 Å². The van der Waals surface area contributed by atoms with E-state index in [1.807, 2.05) is 26.2 Å². The van der Waals surface area contributed by atoms with Gasteiger partial charge in [-0.05, 0) is 19.3 Å². The van der Waals surface area contributed by atoms with Crippen molar-refractivity contribution >= 4 is 23.2 Å². The molecule has 0 fully saturated rings. The van der Waals surface area contributed by atoms with Crippen LogP contribution in [0.1, 0.15) is 57.5 Å². The van der Waals surface area contributed by atoms with Crippen molar-refractivity contribution in [2.45, 2.75) is 52.5 Å². The van der Waals surface area contributed by atoms with Crippen molar-refractivity contribution in [3.63, 3.8) is 0 Å². The minimum absolute atomic E-state index is 0.0111. The number of hydrogen-bond donors (Lipinski definition) is 2. The smallest absolute Gasteiger partial charge is 0.310 e. The van der Waals surface area contributed by atoms with E-state index in [-0.39, 0.29) is 18.4 Å². The summed E-state index contributed by atoms with van der Waals surface area (Å²) in [6.45, 7) is 5.59. The number of carbonyl (C=O) groups is 2. The second kappa shape index (κ2) is 7.38. The van der Waals surface area contributed by atoms with E-state index in [9.17, 15) is 14.7 Å². The van der Waals surface area contributed by atoms with Gasteiger partial charge in [-0.15, -0.1) is 11.3 Å². The fourth-order valence-electron chi connectivity index (χ4n) is 2.18. The molecule has 0 aliphatic rings. The Kier molecular flexibility index (Phi) is 6.13. The lowest BCUT2D eigenvalue weighted by atomic mass is 9.79. The van der Waals surface area contributed by atoms with Crippen molar-refractivity contribution in [3.8, 4) is 0 Å². The third-order valence-electron chi connectivity index (χ3n) is 3.80. The molecule has 1 unspecified atom stereocenters. The molecule has 112 valence electrons. The van der Waals surface area contributed by atoms with Gasteiger partial charge in [0.1, 0.15) is 5.01 Å². The van der Waals surface area contributed by atoms with Crippen LogP contribution in [0.2, 0.25) is 0 Å². The van der Waals surface area contributed by atoms with Gasteiger partial charge in [-0.3, -0.25) is 9.59 Å². The Morgan fingerprint density at radius 3 is 2.45 bits per heavy atom. The molecule has 1 rings (SSSR count). The molecule has 0 radical (unpaired) electrons. The summed E-state index contributed by atoms with van der Waals surface area (Å²) in [6, 6.07) is -0.136. The van der Waals surface area contributed by atoms with E-state index in [4.69, 9.17) is 0 Å². The van der Waals surface area contributed by atoms with Gasteiger partial charge in [-0.2, -0.15) is 0 Å². The molecule has 0 aliphatic heterocycles. The van der Waals surface area contributed by atoms with Crippen LogP contribution in [-0.2, 0) is 9.59 Å². The predicted octanol–water partition coefficient (Wildman–Crippen LogP) is 2.99. The maximum absolute atomic E-state index is 12.1. The van der Waals surface area contributed by atoms with E-state index in [1.165, 1.54) is 11.3 Å². The number of amides is 1. The number of thiazole rings is 1. The molecular weight excluding hydrogens is 276 g/mol. The van der Waals surface area contributed by atoms with Gasteiger partial charge in [0.25, 0.3) is 0 Å². The van der Waals surface area contributed by atoms with Crippen LogP contribution in [-0.4, -0.2) is 22.0 Å². The summed E-state index contributed by atoms with van der Waals surface area (Å²) in [6.07, 6.45) is 3.34. The summed E-state index contributed by atoms with van der Waals surface area (Å²) in [5.74, 6) is -1.13. The fourth-order valence-corrected chi connectivity index (χ4v) is 2.95. The van der Waals surface area contributed by atoms with E-state index in [0.717, 1.165) is 11.4 Å². The number of carbonyl (C=O) groups excluding carboxylic acids is 1. The Balaban J connectivity index is 2.73. The SMILES string of the molecule is CCC(NC(=O)CC(CC)(CC)C(=O)O)c1nccs1. The monoisotopic (exact) mass is 298 g/mol. The molecule has 0 saturated heterocycles. The molecule has 1 amide bonds. The quantitative estimate of drug-likeness (QED) is 0.773. The zero-order chi connectivity index (χ0) is 15.2. The van der Waals surface area contributed by atoms with Gasteiger partial charge in [0, 0.05) is 18.0 Å². The molecule has 6 heteroatoms. The van der Waals surface area contributed by atoms with Gasteiger partial charge in [-0.25, -0.2) is 4.98 Å². The molecule has 1 aromatic rings. The van der Waals surface area contributed by atoms with Crippen molar-refractivity contribution in [2.24, 2.45) is 5.41 Å². The number of hydrogen-bond acceptors (Lipinski definition) is 4. The zero-order valence-corrected chi connectivity index (χ0v) is 13.0. The topological polar surface area (TPSA) is 79.3 Å². The van der Waals surface area contributed by atoms with E-state index in [1.54, 1.807) is 6.20 Å². The minimum atomic E-state index is -0.967. The second-order valence-electron chi connectivity index (χ2n) is 4.87. The van der Waals surface area contributed by atoms with Gasteiger partial charge in [0.15, 0.2) is 0 Å². The van der Waals surface area contributed by atoms with Crippen molar-refractivity contribution in [1.29, 1.82) is 0 Å². The number of aromatic nitrogens is 1. The van der Waals surface area contributed by atoms with Gasteiger partial charge in [0.05, 0.1) is 11.5 Å². The number of carboxylic acids is 1. The number of rotatable bonds is 8. The standard InChI is InChI=1S/C14H22N2O3S/c1-4-10(12-15-7-8-20-12)16-11(17)9-14(5-2,6-3)13(18)19/h7-8,10H,4-6,9H2,1-3H3,(H,16,17)(H,18,19). The molecular formula is C14H22N2O3S. The number of aliphatic carboxylic acids is 1. The van der Waals surface area contributed by atoms with E-state index >= 15 is 0 Å². The first-order valence-corrected chi connectivity index (χ1v) is 7.79. The maximum Gasteiger partial charge on any atom is 0.310 e.